The molecule has 0 saturated carbocycles. The van der Waals surface area contributed by atoms with Crippen LogP contribution in [0.5, 0.6) is 0 Å². The third-order valence-electron chi connectivity index (χ3n) is 4.28. The van der Waals surface area contributed by atoms with Gasteiger partial charge in [0.15, 0.2) is 0 Å². The van der Waals surface area contributed by atoms with Crippen LogP contribution in [0, 0.1) is 11.8 Å². The summed E-state index contributed by atoms with van der Waals surface area (Å²) < 4.78 is 5.86. The first-order valence-corrected chi connectivity index (χ1v) is 6.40. The van der Waals surface area contributed by atoms with E-state index in [1.54, 1.807) is 0 Å². The molecular weight excluding hydrogens is 188 g/mol. The molecule has 3 saturated heterocycles. The summed E-state index contributed by atoms with van der Waals surface area (Å²) in [5.74, 6) is 1.77. The Kier molecular flexibility index (Phi) is 2.71. The van der Waals surface area contributed by atoms with Crippen molar-refractivity contribution in [1.82, 2.24) is 10.2 Å². The van der Waals surface area contributed by atoms with Gasteiger partial charge < -0.3 is 10.1 Å². The Balaban J connectivity index is 1.50. The molecule has 3 nitrogen and oxygen atoms in total. The minimum atomic E-state index is 0.551. The van der Waals surface area contributed by atoms with Crippen molar-refractivity contribution in [2.45, 2.75) is 32.0 Å². The van der Waals surface area contributed by atoms with Gasteiger partial charge in [-0.1, -0.05) is 6.92 Å². The second-order valence-corrected chi connectivity index (χ2v) is 5.57. The van der Waals surface area contributed by atoms with Crippen LogP contribution in [0.4, 0.5) is 0 Å². The minimum Gasteiger partial charge on any atom is -0.372 e. The van der Waals surface area contributed by atoms with E-state index in [2.05, 4.69) is 17.1 Å². The number of likely N-dealkylation sites (tertiary alicyclic amines) is 1. The third-order valence-corrected chi connectivity index (χ3v) is 4.28. The molecule has 3 heteroatoms. The molecule has 0 spiro atoms. The smallest absolute Gasteiger partial charge is 0.0707 e. The Morgan fingerprint density at radius 3 is 2.47 bits per heavy atom. The summed E-state index contributed by atoms with van der Waals surface area (Å²) in [6.07, 6.45) is 3.69. The largest absolute Gasteiger partial charge is 0.372 e. The van der Waals surface area contributed by atoms with Crippen molar-refractivity contribution in [3.05, 3.63) is 0 Å². The lowest BCUT2D eigenvalue weighted by Crippen LogP contribution is -2.50. The van der Waals surface area contributed by atoms with Gasteiger partial charge in [-0.15, -0.1) is 0 Å². The molecule has 0 aromatic carbocycles. The highest BCUT2D eigenvalue weighted by Crippen LogP contribution is 2.27. The highest BCUT2D eigenvalue weighted by molar-refractivity contribution is 4.87. The van der Waals surface area contributed by atoms with Crippen molar-refractivity contribution in [2.75, 3.05) is 32.7 Å². The van der Waals surface area contributed by atoms with Crippen LogP contribution in [0.15, 0.2) is 0 Å². The zero-order valence-corrected chi connectivity index (χ0v) is 9.61. The number of ether oxygens (including phenoxy) is 1. The van der Waals surface area contributed by atoms with Gasteiger partial charge in [0.1, 0.15) is 0 Å². The normalized spacial score (nSPS) is 39.0. The van der Waals surface area contributed by atoms with E-state index in [0.717, 1.165) is 11.8 Å². The van der Waals surface area contributed by atoms with Crippen LogP contribution in [0.1, 0.15) is 19.8 Å². The van der Waals surface area contributed by atoms with Gasteiger partial charge in [-0.3, -0.25) is 4.90 Å². The van der Waals surface area contributed by atoms with Crippen LogP contribution < -0.4 is 5.32 Å². The van der Waals surface area contributed by atoms with Gasteiger partial charge in [0, 0.05) is 19.6 Å². The zero-order valence-electron chi connectivity index (χ0n) is 9.61. The molecule has 0 aliphatic carbocycles. The molecule has 86 valence electrons. The van der Waals surface area contributed by atoms with Crippen molar-refractivity contribution in [1.29, 1.82) is 0 Å². The molecule has 3 rings (SSSR count). The van der Waals surface area contributed by atoms with Gasteiger partial charge in [-0.25, -0.2) is 0 Å². The lowest BCUT2D eigenvalue weighted by Gasteiger charge is -2.38. The average Bonchev–Trinajstić information content (AvgIpc) is 2.42. The van der Waals surface area contributed by atoms with Crippen molar-refractivity contribution in [3.8, 4) is 0 Å². The fourth-order valence-corrected chi connectivity index (χ4v) is 3.12. The summed E-state index contributed by atoms with van der Waals surface area (Å²) in [4.78, 5) is 2.63. The van der Waals surface area contributed by atoms with E-state index in [1.165, 1.54) is 45.6 Å². The molecule has 3 unspecified atom stereocenters. The number of rotatable bonds is 3. The van der Waals surface area contributed by atoms with E-state index < -0.39 is 0 Å². The molecule has 2 bridgehead atoms. The second-order valence-electron chi connectivity index (χ2n) is 5.57. The van der Waals surface area contributed by atoms with Crippen molar-refractivity contribution in [3.63, 3.8) is 0 Å². The SMILES string of the molecule is CC(CN1CC2CCC(C1)O2)C1CNC1. The molecule has 3 aliphatic rings. The van der Waals surface area contributed by atoms with E-state index >= 15 is 0 Å². The Hall–Kier alpha value is -0.120. The number of nitrogens with zero attached hydrogens (tertiary/aromatic N) is 1. The average molecular weight is 210 g/mol. The Morgan fingerprint density at radius 1 is 1.27 bits per heavy atom. The standard InChI is InChI=1S/C12H22N2O/c1-9(10-4-13-5-10)6-14-7-11-2-3-12(8-14)15-11/h9-13H,2-8H2,1H3. The van der Waals surface area contributed by atoms with Gasteiger partial charge in [0.05, 0.1) is 12.2 Å². The molecule has 0 amide bonds. The van der Waals surface area contributed by atoms with Crippen LogP contribution in [0.2, 0.25) is 0 Å². The molecular formula is C12H22N2O. The van der Waals surface area contributed by atoms with Gasteiger partial charge in [-0.05, 0) is 37.8 Å². The first kappa shape index (κ1) is 10.1. The topological polar surface area (TPSA) is 24.5 Å². The molecule has 0 aromatic heterocycles. The molecule has 15 heavy (non-hydrogen) atoms. The zero-order chi connectivity index (χ0) is 10.3. The molecule has 3 atom stereocenters. The number of hydrogen-bond donors (Lipinski definition) is 1. The van der Waals surface area contributed by atoms with Gasteiger partial charge in [0.25, 0.3) is 0 Å². The van der Waals surface area contributed by atoms with Gasteiger partial charge >= 0.3 is 0 Å². The van der Waals surface area contributed by atoms with Crippen molar-refractivity contribution >= 4 is 0 Å². The fourth-order valence-electron chi connectivity index (χ4n) is 3.12. The van der Waals surface area contributed by atoms with Crippen LogP contribution >= 0.6 is 0 Å². The third kappa shape index (κ3) is 2.05. The first-order valence-electron chi connectivity index (χ1n) is 6.40. The lowest BCUT2D eigenvalue weighted by molar-refractivity contribution is -0.0451. The van der Waals surface area contributed by atoms with E-state index in [9.17, 15) is 0 Å². The summed E-state index contributed by atoms with van der Waals surface area (Å²) >= 11 is 0. The molecule has 3 fully saturated rings. The predicted octanol–water partition coefficient (Wildman–Crippen LogP) is 0.705. The summed E-state index contributed by atoms with van der Waals surface area (Å²) in [5, 5.41) is 3.37. The second kappa shape index (κ2) is 4.04. The molecule has 1 N–H and O–H groups in total. The summed E-state index contributed by atoms with van der Waals surface area (Å²) in [7, 11) is 0. The fraction of sp³-hybridized carbons (Fsp3) is 1.00. The quantitative estimate of drug-likeness (QED) is 0.742. The minimum absolute atomic E-state index is 0.551. The highest BCUT2D eigenvalue weighted by Gasteiger charge is 2.35. The monoisotopic (exact) mass is 210 g/mol. The Bertz CT molecular complexity index is 218. The maximum atomic E-state index is 5.86. The molecule has 3 heterocycles. The highest BCUT2D eigenvalue weighted by atomic mass is 16.5. The van der Waals surface area contributed by atoms with Crippen LogP contribution in [-0.4, -0.2) is 49.8 Å². The van der Waals surface area contributed by atoms with E-state index in [-0.39, 0.29) is 0 Å². The molecule has 0 aromatic rings. The van der Waals surface area contributed by atoms with E-state index in [0.29, 0.717) is 12.2 Å². The van der Waals surface area contributed by atoms with E-state index in [4.69, 9.17) is 4.74 Å². The number of fused-ring (bicyclic) bond motifs is 2. The van der Waals surface area contributed by atoms with E-state index in [1.807, 2.05) is 0 Å². The number of hydrogen-bond acceptors (Lipinski definition) is 3. The van der Waals surface area contributed by atoms with Crippen LogP contribution in [-0.2, 0) is 4.74 Å². The van der Waals surface area contributed by atoms with Gasteiger partial charge in [0.2, 0.25) is 0 Å². The van der Waals surface area contributed by atoms with Crippen molar-refractivity contribution in [2.24, 2.45) is 11.8 Å². The predicted molar refractivity (Wildman–Crippen MR) is 59.9 cm³/mol. The number of morpholine rings is 1. The Labute approximate surface area is 92.2 Å². The van der Waals surface area contributed by atoms with Crippen LogP contribution in [0.3, 0.4) is 0 Å². The maximum absolute atomic E-state index is 5.86. The molecule has 3 aliphatic heterocycles. The first-order chi connectivity index (χ1) is 7.31. The molecule has 0 radical (unpaired) electrons. The summed E-state index contributed by atoms with van der Waals surface area (Å²) in [6, 6.07) is 0. The Morgan fingerprint density at radius 2 is 1.93 bits per heavy atom. The van der Waals surface area contributed by atoms with Gasteiger partial charge in [-0.2, -0.15) is 0 Å². The van der Waals surface area contributed by atoms with Crippen molar-refractivity contribution < 1.29 is 4.74 Å². The van der Waals surface area contributed by atoms with Crippen LogP contribution in [0.25, 0.3) is 0 Å². The summed E-state index contributed by atoms with van der Waals surface area (Å²) in [5.41, 5.74) is 0. The summed E-state index contributed by atoms with van der Waals surface area (Å²) in [6.45, 7) is 8.52. The number of nitrogens with one attached hydrogen (secondary N) is 1. The maximum Gasteiger partial charge on any atom is 0.0707 e. The lowest BCUT2D eigenvalue weighted by atomic mass is 9.88.